The molecule has 1 aromatic carbocycles. The molecule has 1 fully saturated rings. The molecule has 0 aromatic heterocycles. The normalized spacial score (nSPS) is 17.1. The minimum absolute atomic E-state index is 0.0158. The van der Waals surface area contributed by atoms with E-state index in [0.717, 1.165) is 16.4 Å². The van der Waals surface area contributed by atoms with Gasteiger partial charge in [0.2, 0.25) is 0 Å². The minimum atomic E-state index is -1.24. The molecule has 5 nitrogen and oxygen atoms in total. The summed E-state index contributed by atoms with van der Waals surface area (Å²) in [6, 6.07) is 4.64. The number of nitrogens with one attached hydrogen (secondary N) is 2. The van der Waals surface area contributed by atoms with E-state index in [0.29, 0.717) is 10.7 Å². The van der Waals surface area contributed by atoms with E-state index < -0.39 is 17.5 Å². The Morgan fingerprint density at radius 1 is 1.45 bits per heavy atom. The molecule has 1 atom stereocenters. The molecular weight excluding hydrogens is 395 g/mol. The van der Waals surface area contributed by atoms with E-state index in [4.69, 9.17) is 11.6 Å². The number of benzene rings is 1. The van der Waals surface area contributed by atoms with Gasteiger partial charge in [0.1, 0.15) is 5.54 Å². The highest BCUT2D eigenvalue weighted by Crippen LogP contribution is 2.39. The first-order chi connectivity index (χ1) is 9.33. The number of carboxylic acids is 1. The number of hydrogen-bond acceptors (Lipinski definition) is 2. The molecule has 20 heavy (non-hydrogen) atoms. The summed E-state index contributed by atoms with van der Waals surface area (Å²) in [6.45, 7) is 1.53. The molecule has 0 bridgehead atoms. The molecule has 1 aromatic rings. The molecule has 3 N–H and O–H groups in total. The lowest BCUT2D eigenvalue weighted by Crippen LogP contribution is -2.55. The van der Waals surface area contributed by atoms with Crippen molar-refractivity contribution in [3.8, 4) is 0 Å². The van der Waals surface area contributed by atoms with Crippen LogP contribution in [0, 0.1) is 9.49 Å². The maximum Gasteiger partial charge on any atom is 0.329 e. The number of anilines is 1. The van der Waals surface area contributed by atoms with E-state index in [9.17, 15) is 14.7 Å². The van der Waals surface area contributed by atoms with Gasteiger partial charge in [0.05, 0.1) is 10.7 Å². The van der Waals surface area contributed by atoms with Gasteiger partial charge in [-0.05, 0) is 66.5 Å². The maximum atomic E-state index is 12.0. The number of hydrogen-bond donors (Lipinski definition) is 3. The largest absolute Gasteiger partial charge is 0.480 e. The molecule has 1 unspecified atom stereocenters. The van der Waals surface area contributed by atoms with E-state index in [1.807, 2.05) is 0 Å². The van der Waals surface area contributed by atoms with E-state index in [-0.39, 0.29) is 5.92 Å². The van der Waals surface area contributed by atoms with Crippen molar-refractivity contribution in [1.29, 1.82) is 0 Å². The molecule has 0 saturated heterocycles. The van der Waals surface area contributed by atoms with Crippen LogP contribution in [-0.2, 0) is 4.79 Å². The number of carbonyl (C=O) groups is 2. The Morgan fingerprint density at radius 2 is 2.10 bits per heavy atom. The lowest BCUT2D eigenvalue weighted by Gasteiger charge is -2.26. The van der Waals surface area contributed by atoms with Crippen molar-refractivity contribution in [3.05, 3.63) is 26.8 Å². The van der Waals surface area contributed by atoms with Gasteiger partial charge in [0, 0.05) is 3.57 Å². The van der Waals surface area contributed by atoms with Gasteiger partial charge in [-0.2, -0.15) is 0 Å². The van der Waals surface area contributed by atoms with Crippen LogP contribution in [0.25, 0.3) is 0 Å². The fourth-order valence-electron chi connectivity index (χ4n) is 1.97. The first-order valence-electron chi connectivity index (χ1n) is 6.10. The number of amides is 2. The maximum absolute atomic E-state index is 12.0. The number of aliphatic carboxylic acids is 1. The van der Waals surface area contributed by atoms with E-state index >= 15 is 0 Å². The predicted molar refractivity (Wildman–Crippen MR) is 85.1 cm³/mol. The van der Waals surface area contributed by atoms with E-state index in [1.165, 1.54) is 6.92 Å². The van der Waals surface area contributed by atoms with Crippen LogP contribution in [0.1, 0.15) is 19.8 Å². The Kier molecular flexibility index (Phi) is 4.43. The smallest absolute Gasteiger partial charge is 0.329 e. The van der Waals surface area contributed by atoms with Gasteiger partial charge >= 0.3 is 12.0 Å². The first kappa shape index (κ1) is 15.4. The molecular formula is C13H14ClIN2O3. The molecule has 0 aliphatic heterocycles. The summed E-state index contributed by atoms with van der Waals surface area (Å²) < 4.78 is 0.951. The fourth-order valence-corrected chi connectivity index (χ4v) is 2.87. The van der Waals surface area contributed by atoms with Gasteiger partial charge in [-0.15, -0.1) is 0 Å². The first-order valence-corrected chi connectivity index (χ1v) is 7.56. The summed E-state index contributed by atoms with van der Waals surface area (Å²) in [4.78, 5) is 23.3. The van der Waals surface area contributed by atoms with E-state index in [1.54, 1.807) is 18.2 Å². The molecule has 1 saturated carbocycles. The van der Waals surface area contributed by atoms with Crippen LogP contribution in [0.5, 0.6) is 0 Å². The zero-order valence-electron chi connectivity index (χ0n) is 10.7. The van der Waals surface area contributed by atoms with Crippen molar-refractivity contribution in [2.24, 2.45) is 5.92 Å². The molecule has 1 aliphatic rings. The standard InChI is InChI=1S/C13H14ClIN2O3/c1-13(11(18)19,7-2-3-7)17-12(20)16-10-5-4-8(15)6-9(10)14/h4-7H,2-3H2,1H3,(H,18,19)(H2,16,17,20). The molecule has 2 amide bonds. The average molecular weight is 409 g/mol. The summed E-state index contributed by atoms with van der Waals surface area (Å²) in [6.07, 6.45) is 1.63. The molecule has 108 valence electrons. The minimum Gasteiger partial charge on any atom is -0.480 e. The van der Waals surface area contributed by atoms with E-state index in [2.05, 4.69) is 33.2 Å². The molecule has 0 spiro atoms. The Balaban J connectivity index is 2.06. The Morgan fingerprint density at radius 3 is 2.60 bits per heavy atom. The fraction of sp³-hybridized carbons (Fsp3) is 0.385. The van der Waals surface area contributed by atoms with Gasteiger partial charge in [-0.25, -0.2) is 9.59 Å². The number of carbonyl (C=O) groups excluding carboxylic acids is 1. The third-order valence-corrected chi connectivity index (χ3v) is 4.37. The topological polar surface area (TPSA) is 78.4 Å². The van der Waals surface area contributed by atoms with Crippen LogP contribution in [0.15, 0.2) is 18.2 Å². The molecule has 1 aliphatic carbocycles. The van der Waals surface area contributed by atoms with Crippen LogP contribution in [0.2, 0.25) is 5.02 Å². The molecule has 7 heteroatoms. The zero-order valence-corrected chi connectivity index (χ0v) is 13.7. The van der Waals surface area contributed by atoms with Gasteiger partial charge in [-0.3, -0.25) is 0 Å². The second-order valence-electron chi connectivity index (χ2n) is 4.99. The second kappa shape index (κ2) is 5.77. The highest BCUT2D eigenvalue weighted by atomic mass is 127. The number of rotatable bonds is 4. The van der Waals surface area contributed by atoms with Gasteiger partial charge in [0.25, 0.3) is 0 Å². The Labute approximate surface area is 135 Å². The van der Waals surface area contributed by atoms with Crippen molar-refractivity contribution in [1.82, 2.24) is 5.32 Å². The second-order valence-corrected chi connectivity index (χ2v) is 6.64. The monoisotopic (exact) mass is 408 g/mol. The molecule has 0 radical (unpaired) electrons. The van der Waals surface area contributed by atoms with Gasteiger partial charge in [-0.1, -0.05) is 11.6 Å². The molecule has 2 rings (SSSR count). The van der Waals surface area contributed by atoms with Crippen LogP contribution in [-0.4, -0.2) is 22.6 Å². The number of halogens is 2. The lowest BCUT2D eigenvalue weighted by molar-refractivity contribution is -0.144. The number of urea groups is 1. The molecule has 0 heterocycles. The SMILES string of the molecule is CC(NC(=O)Nc1ccc(I)cc1Cl)(C(=O)O)C1CC1. The van der Waals surface area contributed by atoms with Crippen molar-refractivity contribution in [3.63, 3.8) is 0 Å². The quantitative estimate of drug-likeness (QED) is 0.669. The van der Waals surface area contributed by atoms with Gasteiger partial charge in [0.15, 0.2) is 0 Å². The van der Waals surface area contributed by atoms with Crippen molar-refractivity contribution < 1.29 is 14.7 Å². The van der Waals surface area contributed by atoms with Crippen LogP contribution < -0.4 is 10.6 Å². The van der Waals surface area contributed by atoms with Crippen molar-refractivity contribution >= 4 is 51.9 Å². The summed E-state index contributed by atoms with van der Waals surface area (Å²) in [5.41, 5.74) is -0.784. The third kappa shape index (κ3) is 3.35. The van der Waals surface area contributed by atoms with Crippen molar-refractivity contribution in [2.75, 3.05) is 5.32 Å². The summed E-state index contributed by atoms with van der Waals surface area (Å²) >= 11 is 8.13. The van der Waals surface area contributed by atoms with Gasteiger partial charge < -0.3 is 15.7 Å². The predicted octanol–water partition coefficient (Wildman–Crippen LogP) is 3.32. The lowest BCUT2D eigenvalue weighted by atomic mass is 9.96. The summed E-state index contributed by atoms with van der Waals surface area (Å²) in [7, 11) is 0. The zero-order chi connectivity index (χ0) is 14.9. The highest BCUT2D eigenvalue weighted by Gasteiger charge is 2.48. The highest BCUT2D eigenvalue weighted by molar-refractivity contribution is 14.1. The average Bonchev–Trinajstić information content (AvgIpc) is 3.16. The summed E-state index contributed by atoms with van der Waals surface area (Å²) in [5, 5.41) is 14.8. The van der Waals surface area contributed by atoms with Crippen molar-refractivity contribution in [2.45, 2.75) is 25.3 Å². The Bertz CT molecular complexity index is 563. The summed E-state index contributed by atoms with van der Waals surface area (Å²) in [5.74, 6) is -1.04. The number of carboxylic acid groups (broad SMARTS) is 1. The van der Waals surface area contributed by atoms with Crippen LogP contribution in [0.3, 0.4) is 0 Å². The Hall–Kier alpha value is -1.02. The third-order valence-electron chi connectivity index (χ3n) is 3.39. The van der Waals surface area contributed by atoms with Crippen LogP contribution >= 0.6 is 34.2 Å². The van der Waals surface area contributed by atoms with Crippen LogP contribution in [0.4, 0.5) is 10.5 Å².